The monoisotopic (exact) mass is 288 g/mol. The summed E-state index contributed by atoms with van der Waals surface area (Å²) in [6.07, 6.45) is 2.26. The number of carbonyl (C=O) groups excluding carboxylic acids is 1. The molecular weight excluding hydrogens is 271 g/mol. The number of nitrogens with zero attached hydrogens (tertiary/aromatic N) is 2. The number of amides is 1. The number of hydrogen-bond acceptors (Lipinski definition) is 4. The van der Waals surface area contributed by atoms with Crippen LogP contribution in [0.2, 0.25) is 0 Å². The van der Waals surface area contributed by atoms with Gasteiger partial charge in [0.15, 0.2) is 0 Å². The highest BCUT2D eigenvalue weighted by Gasteiger charge is 2.10. The lowest BCUT2D eigenvalue weighted by Crippen LogP contribution is -2.17. The molecule has 110 valence electrons. The van der Waals surface area contributed by atoms with Crippen LogP contribution in [-0.4, -0.2) is 21.9 Å². The molecule has 2 N–H and O–H groups in total. The molecule has 1 atom stereocenters. The predicted octanol–water partition coefficient (Wildman–Crippen LogP) is 3.08. The van der Waals surface area contributed by atoms with Crippen molar-refractivity contribution in [3.63, 3.8) is 0 Å². The van der Waals surface area contributed by atoms with Crippen LogP contribution in [-0.2, 0) is 0 Å². The Labute approximate surface area is 122 Å². The van der Waals surface area contributed by atoms with E-state index >= 15 is 0 Å². The molecule has 21 heavy (non-hydrogen) atoms. The number of rotatable bonds is 5. The highest BCUT2D eigenvalue weighted by atomic mass is 19.1. The zero-order valence-corrected chi connectivity index (χ0v) is 11.9. The molecule has 6 heteroatoms. The highest BCUT2D eigenvalue weighted by molar-refractivity contribution is 6.03. The summed E-state index contributed by atoms with van der Waals surface area (Å²) >= 11 is 0. The molecular formula is C15H17FN4O. The average Bonchev–Trinajstić information content (AvgIpc) is 2.47. The number of anilines is 2. The average molecular weight is 288 g/mol. The zero-order valence-electron chi connectivity index (χ0n) is 11.9. The molecule has 0 aliphatic rings. The minimum absolute atomic E-state index is 0.222. The molecule has 0 saturated carbocycles. The summed E-state index contributed by atoms with van der Waals surface area (Å²) < 4.78 is 13.1. The van der Waals surface area contributed by atoms with Crippen molar-refractivity contribution in [1.82, 2.24) is 9.97 Å². The minimum Gasteiger partial charge on any atom is -0.368 e. The number of carbonyl (C=O) groups is 1. The van der Waals surface area contributed by atoms with Gasteiger partial charge in [-0.1, -0.05) is 13.0 Å². The smallest absolute Gasteiger partial charge is 0.274 e. The summed E-state index contributed by atoms with van der Waals surface area (Å²) in [6.45, 7) is 4.07. The lowest BCUT2D eigenvalue weighted by molar-refractivity contribution is 0.102. The molecule has 0 saturated heterocycles. The second kappa shape index (κ2) is 6.78. The Kier molecular flexibility index (Phi) is 4.81. The fraction of sp³-hybridized carbons (Fsp3) is 0.267. The SMILES string of the molecule is CCC(C)Nc1cc(C(=O)Nc2cccc(F)c2)ncn1. The van der Waals surface area contributed by atoms with Gasteiger partial charge in [0, 0.05) is 17.8 Å². The molecule has 1 heterocycles. The Morgan fingerprint density at radius 1 is 1.33 bits per heavy atom. The summed E-state index contributed by atoms with van der Waals surface area (Å²) in [5.41, 5.74) is 0.607. The molecule has 1 unspecified atom stereocenters. The van der Waals surface area contributed by atoms with Crippen molar-refractivity contribution in [2.75, 3.05) is 10.6 Å². The first-order valence-corrected chi connectivity index (χ1v) is 6.74. The largest absolute Gasteiger partial charge is 0.368 e. The number of halogens is 1. The van der Waals surface area contributed by atoms with Crippen molar-refractivity contribution in [2.24, 2.45) is 0 Å². The van der Waals surface area contributed by atoms with E-state index in [0.717, 1.165) is 6.42 Å². The summed E-state index contributed by atoms with van der Waals surface area (Å²) in [4.78, 5) is 20.1. The number of aromatic nitrogens is 2. The van der Waals surface area contributed by atoms with E-state index in [4.69, 9.17) is 0 Å². The van der Waals surface area contributed by atoms with Crippen molar-refractivity contribution >= 4 is 17.4 Å². The maximum absolute atomic E-state index is 13.1. The Morgan fingerprint density at radius 2 is 2.14 bits per heavy atom. The van der Waals surface area contributed by atoms with E-state index in [2.05, 4.69) is 27.5 Å². The van der Waals surface area contributed by atoms with E-state index in [1.54, 1.807) is 12.1 Å². The van der Waals surface area contributed by atoms with Crippen molar-refractivity contribution in [2.45, 2.75) is 26.3 Å². The zero-order chi connectivity index (χ0) is 15.2. The molecule has 0 fully saturated rings. The lowest BCUT2D eigenvalue weighted by atomic mass is 10.2. The van der Waals surface area contributed by atoms with Crippen LogP contribution in [0, 0.1) is 5.82 Å². The molecule has 0 aliphatic carbocycles. The fourth-order valence-electron chi connectivity index (χ4n) is 1.68. The quantitative estimate of drug-likeness (QED) is 0.887. The molecule has 0 spiro atoms. The molecule has 1 amide bonds. The van der Waals surface area contributed by atoms with Crippen molar-refractivity contribution in [3.8, 4) is 0 Å². The van der Waals surface area contributed by atoms with Crippen LogP contribution in [0.3, 0.4) is 0 Å². The van der Waals surface area contributed by atoms with Gasteiger partial charge in [-0.2, -0.15) is 0 Å². The number of benzene rings is 1. The van der Waals surface area contributed by atoms with Gasteiger partial charge in [-0.05, 0) is 31.5 Å². The van der Waals surface area contributed by atoms with Gasteiger partial charge in [0.25, 0.3) is 5.91 Å². The normalized spacial score (nSPS) is 11.8. The standard InChI is InChI=1S/C15H17FN4O/c1-3-10(2)19-14-8-13(17-9-18-14)15(21)20-12-6-4-5-11(16)7-12/h4-10H,3H2,1-2H3,(H,20,21)(H,17,18,19). The predicted molar refractivity (Wildman–Crippen MR) is 79.8 cm³/mol. The van der Waals surface area contributed by atoms with Crippen LogP contribution in [0.15, 0.2) is 36.7 Å². The van der Waals surface area contributed by atoms with E-state index in [1.807, 2.05) is 6.92 Å². The fourth-order valence-corrected chi connectivity index (χ4v) is 1.68. The number of nitrogens with one attached hydrogen (secondary N) is 2. The molecule has 0 radical (unpaired) electrons. The molecule has 0 bridgehead atoms. The summed E-state index contributed by atoms with van der Waals surface area (Å²) in [5, 5.41) is 5.77. The van der Waals surface area contributed by atoms with Gasteiger partial charge in [-0.25, -0.2) is 14.4 Å². The van der Waals surface area contributed by atoms with Crippen molar-refractivity contribution in [1.29, 1.82) is 0 Å². The third-order valence-corrected chi connectivity index (χ3v) is 2.99. The summed E-state index contributed by atoms with van der Waals surface area (Å²) in [6, 6.07) is 7.52. The van der Waals surface area contributed by atoms with Crippen LogP contribution in [0.4, 0.5) is 15.9 Å². The summed E-state index contributed by atoms with van der Waals surface area (Å²) in [5.74, 6) is -0.228. The molecule has 1 aromatic heterocycles. The van der Waals surface area contributed by atoms with Gasteiger partial charge in [-0.15, -0.1) is 0 Å². The van der Waals surface area contributed by atoms with Crippen LogP contribution in [0.25, 0.3) is 0 Å². The molecule has 2 aromatic rings. The van der Waals surface area contributed by atoms with Gasteiger partial charge in [0.2, 0.25) is 0 Å². The Bertz CT molecular complexity index is 633. The molecule has 0 aliphatic heterocycles. The third-order valence-electron chi connectivity index (χ3n) is 2.99. The van der Waals surface area contributed by atoms with Crippen LogP contribution < -0.4 is 10.6 Å². The number of hydrogen-bond donors (Lipinski definition) is 2. The third kappa shape index (κ3) is 4.24. The van der Waals surface area contributed by atoms with Gasteiger partial charge >= 0.3 is 0 Å². The lowest BCUT2D eigenvalue weighted by Gasteiger charge is -2.12. The second-order valence-corrected chi connectivity index (χ2v) is 4.71. The van der Waals surface area contributed by atoms with Crippen LogP contribution in [0.1, 0.15) is 30.8 Å². The van der Waals surface area contributed by atoms with Crippen LogP contribution in [0.5, 0.6) is 0 Å². The first kappa shape index (κ1) is 14.9. The molecule has 5 nitrogen and oxygen atoms in total. The van der Waals surface area contributed by atoms with Gasteiger partial charge in [-0.3, -0.25) is 4.79 Å². The topological polar surface area (TPSA) is 66.9 Å². The maximum atomic E-state index is 13.1. The van der Waals surface area contributed by atoms with E-state index in [9.17, 15) is 9.18 Å². The Morgan fingerprint density at radius 3 is 2.86 bits per heavy atom. The van der Waals surface area contributed by atoms with E-state index in [1.165, 1.54) is 24.5 Å². The Balaban J connectivity index is 2.10. The van der Waals surface area contributed by atoms with Crippen molar-refractivity contribution in [3.05, 3.63) is 48.2 Å². The van der Waals surface area contributed by atoms with E-state index < -0.39 is 11.7 Å². The van der Waals surface area contributed by atoms with Gasteiger partial charge < -0.3 is 10.6 Å². The Hall–Kier alpha value is -2.50. The molecule has 1 aromatic carbocycles. The van der Waals surface area contributed by atoms with Crippen molar-refractivity contribution < 1.29 is 9.18 Å². The second-order valence-electron chi connectivity index (χ2n) is 4.71. The molecule has 2 rings (SSSR count). The van der Waals surface area contributed by atoms with E-state index in [-0.39, 0.29) is 11.7 Å². The maximum Gasteiger partial charge on any atom is 0.274 e. The first-order valence-electron chi connectivity index (χ1n) is 6.74. The van der Waals surface area contributed by atoms with Gasteiger partial charge in [0.05, 0.1) is 0 Å². The highest BCUT2D eigenvalue weighted by Crippen LogP contribution is 2.12. The van der Waals surface area contributed by atoms with E-state index in [0.29, 0.717) is 11.5 Å². The van der Waals surface area contributed by atoms with Crippen LogP contribution >= 0.6 is 0 Å². The minimum atomic E-state index is -0.408. The summed E-state index contributed by atoms with van der Waals surface area (Å²) in [7, 11) is 0. The first-order chi connectivity index (χ1) is 10.1. The van der Waals surface area contributed by atoms with Gasteiger partial charge in [0.1, 0.15) is 23.7 Å².